The molecule has 3 heterocycles. The van der Waals surface area contributed by atoms with Crippen molar-refractivity contribution in [2.75, 3.05) is 20.3 Å². The number of aromatic hydroxyl groups is 3. The zero-order valence-corrected chi connectivity index (χ0v) is 32.2. The van der Waals surface area contributed by atoms with Gasteiger partial charge in [0.1, 0.15) is 86.1 Å². The number of phenols is 3. The van der Waals surface area contributed by atoms with Crippen molar-refractivity contribution in [1.29, 1.82) is 0 Å². The Morgan fingerprint density at radius 2 is 1.35 bits per heavy atom. The predicted molar refractivity (Wildman–Crippen MR) is 202 cm³/mol. The molecule has 3 aliphatic heterocycles. The minimum Gasteiger partial charge on any atom is -0.508 e. The lowest BCUT2D eigenvalue weighted by Crippen LogP contribution is -2.59. The van der Waals surface area contributed by atoms with Gasteiger partial charge in [-0.1, -0.05) is 6.07 Å². The van der Waals surface area contributed by atoms with E-state index in [0.717, 1.165) is 24.3 Å². The van der Waals surface area contributed by atoms with Crippen molar-refractivity contribution >= 4 is 29.7 Å². The number of ether oxygens (including phenoxy) is 8. The van der Waals surface area contributed by atoms with E-state index in [2.05, 4.69) is 0 Å². The van der Waals surface area contributed by atoms with Gasteiger partial charge in [0.25, 0.3) is 0 Å². The standard InChI is InChI=1S/C40H42O22/c1-55-25-8-16(2-5-21(25)43)3-7-30(47)56-14-27-32(49)35(52)37(54)40(62-27)60-26-12-19-23(58-38(26)17-4-6-20(42)22(44)9-17)10-18(41)11-24(19)59-39-36(53)34(51)33(50)28(61-39)15-57-31(48)13-29(45)46/h2-12,23,27-28,32-37,39-44,49-54H,13-15H2,1H3,(H,45,46). The maximum Gasteiger partial charge on any atom is 0.330 e. The molecule has 22 heteroatoms. The summed E-state index contributed by atoms with van der Waals surface area (Å²) >= 11 is 0. The highest BCUT2D eigenvalue weighted by atomic mass is 16.7. The molecule has 0 bridgehead atoms. The van der Waals surface area contributed by atoms with Gasteiger partial charge in [-0.25, -0.2) is 4.79 Å². The second-order valence-electron chi connectivity index (χ2n) is 14.0. The summed E-state index contributed by atoms with van der Waals surface area (Å²) in [6.45, 7) is -1.44. The first kappa shape index (κ1) is 45.2. The van der Waals surface area contributed by atoms with Crippen molar-refractivity contribution in [3.63, 3.8) is 0 Å². The number of carboxylic acid groups (broad SMARTS) is 1. The van der Waals surface area contributed by atoms with Crippen molar-refractivity contribution in [1.82, 2.24) is 0 Å². The van der Waals surface area contributed by atoms with Crippen LogP contribution in [0, 0.1) is 0 Å². The van der Waals surface area contributed by atoms with Crippen LogP contribution in [-0.4, -0.2) is 162 Å². The van der Waals surface area contributed by atoms with Gasteiger partial charge in [-0.2, -0.15) is 0 Å². The van der Waals surface area contributed by atoms with Gasteiger partial charge < -0.3 is 94.1 Å². The Morgan fingerprint density at radius 1 is 0.726 bits per heavy atom. The van der Waals surface area contributed by atoms with Crippen LogP contribution in [0.2, 0.25) is 0 Å². The van der Waals surface area contributed by atoms with Crippen LogP contribution in [0.1, 0.15) is 17.5 Å². The third-order valence-corrected chi connectivity index (χ3v) is 9.72. The van der Waals surface area contributed by atoms with E-state index in [4.69, 9.17) is 43.0 Å². The van der Waals surface area contributed by atoms with Gasteiger partial charge >= 0.3 is 17.9 Å². The van der Waals surface area contributed by atoms with E-state index in [9.17, 15) is 65.4 Å². The zero-order chi connectivity index (χ0) is 45.0. The highest BCUT2D eigenvalue weighted by Gasteiger charge is 2.48. The van der Waals surface area contributed by atoms with Gasteiger partial charge in [-0.05, 0) is 48.0 Å². The highest BCUT2D eigenvalue weighted by molar-refractivity contribution is 5.90. The number of esters is 2. The molecule has 4 aliphatic rings. The number of hydrogen-bond acceptors (Lipinski definition) is 21. The Kier molecular flexibility index (Phi) is 13.9. The van der Waals surface area contributed by atoms with E-state index in [-0.39, 0.29) is 39.9 Å². The monoisotopic (exact) mass is 874 g/mol. The maximum atomic E-state index is 12.6. The number of aliphatic hydroxyl groups excluding tert-OH is 7. The minimum absolute atomic E-state index is 0.000189. The molecule has 0 saturated carbocycles. The number of fused-ring (bicyclic) bond motifs is 1. The van der Waals surface area contributed by atoms with E-state index in [1.54, 1.807) is 0 Å². The number of hydrogen-bond donors (Lipinski definition) is 11. The second-order valence-corrected chi connectivity index (χ2v) is 14.0. The quantitative estimate of drug-likeness (QED) is 0.0472. The van der Waals surface area contributed by atoms with Gasteiger partial charge in [0, 0.05) is 29.4 Å². The number of benzene rings is 2. The van der Waals surface area contributed by atoms with Crippen LogP contribution in [0.3, 0.4) is 0 Å². The van der Waals surface area contributed by atoms with Crippen LogP contribution in [-0.2, 0) is 47.5 Å². The summed E-state index contributed by atoms with van der Waals surface area (Å²) < 4.78 is 44.5. The molecule has 2 aromatic carbocycles. The normalized spacial score (nSPS) is 29.6. The van der Waals surface area contributed by atoms with Crippen LogP contribution in [0.15, 0.2) is 83.6 Å². The number of phenolic OH excluding ortho intramolecular Hbond substituents is 3. The fraction of sp³-hybridized carbons (Fsp3) is 0.375. The Balaban J connectivity index is 1.25. The van der Waals surface area contributed by atoms with Crippen LogP contribution in [0.5, 0.6) is 23.0 Å². The van der Waals surface area contributed by atoms with Crippen molar-refractivity contribution in [2.24, 2.45) is 0 Å². The molecule has 0 aromatic heterocycles. The SMILES string of the molecule is COc1cc(C=CC(=O)OCC2OC(OC3=C(c4ccc(O)c(O)c4)OC4C=C(O)C=C(OC5OC(COC(=O)CC(=O)O)C(O)C(O)C5O)C4=C3)C(O)C(O)C2O)ccc1O. The number of rotatable bonds is 14. The molecule has 11 unspecified atom stereocenters. The molecule has 22 nitrogen and oxygen atoms in total. The van der Waals surface area contributed by atoms with Gasteiger partial charge in [0.15, 0.2) is 34.5 Å². The summed E-state index contributed by atoms with van der Waals surface area (Å²) in [7, 11) is 1.34. The second kappa shape index (κ2) is 19.1. The Bertz CT molecular complexity index is 2180. The smallest absolute Gasteiger partial charge is 0.330 e. The Labute approximate surface area is 349 Å². The molecule has 62 heavy (non-hydrogen) atoms. The third kappa shape index (κ3) is 10.2. The van der Waals surface area contributed by atoms with Gasteiger partial charge in [-0.3, -0.25) is 9.59 Å². The molecule has 0 amide bonds. The first-order valence-electron chi connectivity index (χ1n) is 18.5. The van der Waals surface area contributed by atoms with E-state index >= 15 is 0 Å². The molecule has 6 rings (SSSR count). The first-order valence-corrected chi connectivity index (χ1v) is 18.5. The van der Waals surface area contributed by atoms with Gasteiger partial charge in [0.2, 0.25) is 12.6 Å². The number of methoxy groups -OCH3 is 1. The van der Waals surface area contributed by atoms with E-state index in [0.29, 0.717) is 5.56 Å². The molecule has 0 spiro atoms. The number of aliphatic carboxylic acids is 1. The van der Waals surface area contributed by atoms with Crippen LogP contribution >= 0.6 is 0 Å². The predicted octanol–water partition coefficient (Wildman–Crippen LogP) is -0.932. The summed E-state index contributed by atoms with van der Waals surface area (Å²) in [6.07, 6.45) is -14.7. The van der Waals surface area contributed by atoms with Crippen molar-refractivity contribution in [3.05, 3.63) is 94.7 Å². The summed E-state index contributed by atoms with van der Waals surface area (Å²) in [5.41, 5.74) is 0.509. The van der Waals surface area contributed by atoms with Crippen molar-refractivity contribution in [3.8, 4) is 23.0 Å². The molecule has 334 valence electrons. The summed E-state index contributed by atoms with van der Waals surface area (Å²) in [5.74, 6) is -5.99. The highest BCUT2D eigenvalue weighted by Crippen LogP contribution is 2.41. The number of carboxylic acids is 1. The van der Waals surface area contributed by atoms with Crippen molar-refractivity contribution < 1.29 is 108 Å². The topological polar surface area (TPSA) is 348 Å². The number of aliphatic hydroxyl groups is 7. The molecule has 1 aliphatic carbocycles. The molecule has 11 N–H and O–H groups in total. The van der Waals surface area contributed by atoms with Gasteiger partial charge in [-0.15, -0.1) is 0 Å². The molecule has 2 aromatic rings. The molecular formula is C40H42O22. The molecule has 0 radical (unpaired) electrons. The fourth-order valence-electron chi connectivity index (χ4n) is 6.44. The van der Waals surface area contributed by atoms with E-state index in [1.807, 2.05) is 0 Å². The lowest BCUT2D eigenvalue weighted by molar-refractivity contribution is -0.292. The molecular weight excluding hydrogens is 832 g/mol. The third-order valence-electron chi connectivity index (χ3n) is 9.72. The number of carbonyl (C=O) groups excluding carboxylic acids is 2. The maximum absolute atomic E-state index is 12.6. The first-order chi connectivity index (χ1) is 29.4. The lowest BCUT2D eigenvalue weighted by Gasteiger charge is -2.42. The summed E-state index contributed by atoms with van der Waals surface area (Å²) in [6, 6.07) is 7.78. The van der Waals surface area contributed by atoms with Gasteiger partial charge in [0.05, 0.1) is 7.11 Å². The van der Waals surface area contributed by atoms with Crippen LogP contribution in [0.4, 0.5) is 0 Å². The summed E-state index contributed by atoms with van der Waals surface area (Å²) in [5, 5.41) is 114. The van der Waals surface area contributed by atoms with E-state index in [1.165, 1.54) is 49.6 Å². The average Bonchev–Trinajstić information content (AvgIpc) is 3.23. The lowest BCUT2D eigenvalue weighted by atomic mass is 9.96. The minimum atomic E-state index is -1.97. The number of carbonyl (C=O) groups is 3. The largest absolute Gasteiger partial charge is 0.508 e. The molecule has 2 saturated heterocycles. The van der Waals surface area contributed by atoms with Crippen LogP contribution < -0.4 is 4.74 Å². The zero-order valence-electron chi connectivity index (χ0n) is 32.2. The molecule has 2 fully saturated rings. The van der Waals surface area contributed by atoms with Crippen LogP contribution in [0.25, 0.3) is 11.8 Å². The van der Waals surface area contributed by atoms with E-state index < -0.39 is 122 Å². The Morgan fingerprint density at radius 3 is 1.98 bits per heavy atom. The average molecular weight is 875 g/mol. The number of allylic oxidation sites excluding steroid dienone is 2. The Hall–Kier alpha value is -6.37. The molecule has 11 atom stereocenters. The fourth-order valence-corrected chi connectivity index (χ4v) is 6.44. The van der Waals surface area contributed by atoms with Crippen molar-refractivity contribution in [2.45, 2.75) is 73.9 Å². The summed E-state index contributed by atoms with van der Waals surface area (Å²) in [4.78, 5) is 35.3.